The Morgan fingerprint density at radius 2 is 2.25 bits per heavy atom. The SMILES string of the molecule is O=C(NC1CC=CCC1)c1cc(Br)c(Br)s1. The molecule has 1 aliphatic carbocycles. The molecule has 86 valence electrons. The van der Waals surface area contributed by atoms with Crippen molar-refractivity contribution in [3.8, 4) is 0 Å². The summed E-state index contributed by atoms with van der Waals surface area (Å²) in [6.45, 7) is 0. The van der Waals surface area contributed by atoms with Crippen LogP contribution in [-0.4, -0.2) is 11.9 Å². The van der Waals surface area contributed by atoms with E-state index >= 15 is 0 Å². The van der Waals surface area contributed by atoms with E-state index in [0.29, 0.717) is 0 Å². The summed E-state index contributed by atoms with van der Waals surface area (Å²) in [7, 11) is 0. The maximum absolute atomic E-state index is 11.9. The van der Waals surface area contributed by atoms with E-state index in [1.165, 1.54) is 11.3 Å². The molecule has 1 unspecified atom stereocenters. The minimum atomic E-state index is 0.0247. The van der Waals surface area contributed by atoms with Gasteiger partial charge < -0.3 is 5.32 Å². The van der Waals surface area contributed by atoms with Crippen molar-refractivity contribution in [2.45, 2.75) is 25.3 Å². The van der Waals surface area contributed by atoms with E-state index < -0.39 is 0 Å². The minimum absolute atomic E-state index is 0.0247. The molecule has 0 saturated carbocycles. The highest BCUT2D eigenvalue weighted by Crippen LogP contribution is 2.32. The highest BCUT2D eigenvalue weighted by molar-refractivity contribution is 9.13. The fourth-order valence-electron chi connectivity index (χ4n) is 1.64. The van der Waals surface area contributed by atoms with Gasteiger partial charge in [-0.2, -0.15) is 0 Å². The van der Waals surface area contributed by atoms with Crippen molar-refractivity contribution in [2.75, 3.05) is 0 Å². The third-order valence-electron chi connectivity index (χ3n) is 2.47. The summed E-state index contributed by atoms with van der Waals surface area (Å²) in [5, 5.41) is 3.05. The molecule has 1 aromatic rings. The van der Waals surface area contributed by atoms with Crippen LogP contribution in [0.3, 0.4) is 0 Å². The van der Waals surface area contributed by atoms with Gasteiger partial charge in [0, 0.05) is 10.5 Å². The summed E-state index contributed by atoms with van der Waals surface area (Å²) < 4.78 is 1.90. The Labute approximate surface area is 115 Å². The maximum atomic E-state index is 11.9. The number of carbonyl (C=O) groups is 1. The number of hydrogen-bond donors (Lipinski definition) is 1. The third-order valence-corrected chi connectivity index (χ3v) is 5.73. The molecular formula is C11H11Br2NOS. The molecule has 16 heavy (non-hydrogen) atoms. The summed E-state index contributed by atoms with van der Waals surface area (Å²) in [5.74, 6) is 0.0247. The van der Waals surface area contributed by atoms with Crippen LogP contribution in [-0.2, 0) is 0 Å². The number of nitrogens with one attached hydrogen (secondary N) is 1. The number of hydrogen-bond acceptors (Lipinski definition) is 2. The van der Waals surface area contributed by atoms with Crippen LogP contribution in [0, 0.1) is 0 Å². The molecule has 1 aromatic heterocycles. The van der Waals surface area contributed by atoms with Crippen LogP contribution in [0.4, 0.5) is 0 Å². The van der Waals surface area contributed by atoms with Crippen molar-refractivity contribution < 1.29 is 4.79 Å². The average molecular weight is 365 g/mol. The number of halogens is 2. The predicted molar refractivity (Wildman–Crippen MR) is 74.0 cm³/mol. The summed E-state index contributed by atoms with van der Waals surface area (Å²) in [6, 6.07) is 2.14. The molecule has 2 nitrogen and oxygen atoms in total. The van der Waals surface area contributed by atoms with Crippen molar-refractivity contribution in [3.05, 3.63) is 31.4 Å². The van der Waals surface area contributed by atoms with Crippen LogP contribution in [0.5, 0.6) is 0 Å². The number of amides is 1. The van der Waals surface area contributed by atoms with Gasteiger partial charge in [-0.15, -0.1) is 11.3 Å². The van der Waals surface area contributed by atoms with Crippen LogP contribution >= 0.6 is 43.2 Å². The Balaban J connectivity index is 1.99. The van der Waals surface area contributed by atoms with Gasteiger partial charge in [0.15, 0.2) is 0 Å². The van der Waals surface area contributed by atoms with Gasteiger partial charge in [-0.3, -0.25) is 4.79 Å². The lowest BCUT2D eigenvalue weighted by Gasteiger charge is -2.18. The zero-order valence-corrected chi connectivity index (χ0v) is 12.5. The molecule has 1 amide bonds. The standard InChI is InChI=1S/C11H11Br2NOS/c12-8-6-9(16-10(8)13)11(15)14-7-4-2-1-3-5-7/h1-2,6-7H,3-5H2,(H,14,15). The molecule has 1 N–H and O–H groups in total. The molecule has 1 heterocycles. The first-order valence-corrected chi connectivity index (χ1v) is 7.48. The molecule has 0 aromatic carbocycles. The van der Waals surface area contributed by atoms with Gasteiger partial charge in [-0.1, -0.05) is 12.2 Å². The van der Waals surface area contributed by atoms with E-state index in [2.05, 4.69) is 49.3 Å². The Kier molecular flexibility index (Phi) is 4.21. The third kappa shape index (κ3) is 2.96. The molecule has 0 fully saturated rings. The highest BCUT2D eigenvalue weighted by Gasteiger charge is 2.16. The largest absolute Gasteiger partial charge is 0.348 e. The monoisotopic (exact) mass is 363 g/mol. The van der Waals surface area contributed by atoms with E-state index in [9.17, 15) is 4.79 Å². The van der Waals surface area contributed by atoms with Crippen LogP contribution in [0.25, 0.3) is 0 Å². The van der Waals surface area contributed by atoms with Crippen LogP contribution in [0.15, 0.2) is 26.5 Å². The quantitative estimate of drug-likeness (QED) is 0.786. The van der Waals surface area contributed by atoms with E-state index in [0.717, 1.165) is 32.4 Å². The zero-order chi connectivity index (χ0) is 11.5. The van der Waals surface area contributed by atoms with Crippen molar-refractivity contribution in [1.29, 1.82) is 0 Å². The first-order chi connectivity index (χ1) is 7.66. The fourth-order valence-corrected chi connectivity index (χ4v) is 3.58. The second kappa shape index (κ2) is 5.47. The molecule has 5 heteroatoms. The van der Waals surface area contributed by atoms with Gasteiger partial charge in [-0.05, 0) is 57.2 Å². The molecule has 0 saturated heterocycles. The van der Waals surface area contributed by atoms with Gasteiger partial charge in [-0.25, -0.2) is 0 Å². The van der Waals surface area contributed by atoms with Gasteiger partial charge in [0.25, 0.3) is 5.91 Å². The number of thiophene rings is 1. The second-order valence-corrected chi connectivity index (χ2v) is 6.91. The van der Waals surface area contributed by atoms with E-state index in [4.69, 9.17) is 0 Å². The second-order valence-electron chi connectivity index (χ2n) is 3.69. The average Bonchev–Trinajstić information content (AvgIpc) is 2.61. The predicted octanol–water partition coefficient (Wildman–Crippen LogP) is 4.11. The molecule has 0 bridgehead atoms. The highest BCUT2D eigenvalue weighted by atomic mass is 79.9. The summed E-state index contributed by atoms with van der Waals surface area (Å²) in [5.41, 5.74) is 0. The van der Waals surface area contributed by atoms with Crippen molar-refractivity contribution >= 4 is 49.1 Å². The zero-order valence-electron chi connectivity index (χ0n) is 8.50. The number of rotatable bonds is 2. The van der Waals surface area contributed by atoms with Crippen molar-refractivity contribution in [2.24, 2.45) is 0 Å². The van der Waals surface area contributed by atoms with Crippen LogP contribution in [0.2, 0.25) is 0 Å². The van der Waals surface area contributed by atoms with Gasteiger partial charge in [0.2, 0.25) is 0 Å². The van der Waals surface area contributed by atoms with Gasteiger partial charge in [0.1, 0.15) is 0 Å². The molecule has 0 radical (unpaired) electrons. The summed E-state index contributed by atoms with van der Waals surface area (Å²) in [6.07, 6.45) is 7.34. The lowest BCUT2D eigenvalue weighted by Crippen LogP contribution is -2.34. The molecule has 1 atom stereocenters. The topological polar surface area (TPSA) is 29.1 Å². The van der Waals surface area contributed by atoms with Gasteiger partial charge in [0.05, 0.1) is 8.66 Å². The van der Waals surface area contributed by atoms with E-state index in [-0.39, 0.29) is 11.9 Å². The molecule has 0 spiro atoms. The Bertz CT molecular complexity index is 408. The Morgan fingerprint density at radius 3 is 2.81 bits per heavy atom. The van der Waals surface area contributed by atoms with Crippen LogP contribution < -0.4 is 5.32 Å². The van der Waals surface area contributed by atoms with Crippen molar-refractivity contribution in [3.63, 3.8) is 0 Å². The summed E-state index contributed by atoms with van der Waals surface area (Å²) in [4.78, 5) is 12.7. The number of allylic oxidation sites excluding steroid dienone is 1. The first kappa shape index (κ1) is 12.3. The Hall–Kier alpha value is -0.130. The molecule has 0 aliphatic heterocycles. The fraction of sp³-hybridized carbons (Fsp3) is 0.364. The van der Waals surface area contributed by atoms with E-state index in [1.54, 1.807) is 0 Å². The molecule has 2 rings (SSSR count). The summed E-state index contributed by atoms with van der Waals surface area (Å²) >= 11 is 8.22. The normalized spacial score (nSPS) is 19.8. The molecular weight excluding hydrogens is 354 g/mol. The van der Waals surface area contributed by atoms with Crippen molar-refractivity contribution in [1.82, 2.24) is 5.32 Å². The Morgan fingerprint density at radius 1 is 1.44 bits per heavy atom. The minimum Gasteiger partial charge on any atom is -0.348 e. The maximum Gasteiger partial charge on any atom is 0.261 e. The van der Waals surface area contributed by atoms with Crippen LogP contribution in [0.1, 0.15) is 28.9 Å². The first-order valence-electron chi connectivity index (χ1n) is 5.07. The smallest absolute Gasteiger partial charge is 0.261 e. The number of carbonyl (C=O) groups excluding carboxylic acids is 1. The lowest BCUT2D eigenvalue weighted by atomic mass is 10.0. The van der Waals surface area contributed by atoms with Gasteiger partial charge >= 0.3 is 0 Å². The molecule has 1 aliphatic rings. The lowest BCUT2D eigenvalue weighted by molar-refractivity contribution is 0.0939. The van der Waals surface area contributed by atoms with E-state index in [1.807, 2.05) is 6.07 Å².